The Morgan fingerprint density at radius 1 is 0.846 bits per heavy atom. The topological polar surface area (TPSA) is 71.2 Å². The molecule has 2 aromatic heterocycles. The standard InChI is InChI=1S/C20H22N6/c21-18-7-6-17(15-23-18)25-10-12-26(13-11-25)20-8-9-22-19(24-20)14-16-4-2-1-3-5-16/h1-9,15H,10-14H2,(H2,21,23). The molecule has 0 bridgehead atoms. The van der Waals surface area contributed by atoms with Crippen molar-refractivity contribution in [3.8, 4) is 0 Å². The lowest BCUT2D eigenvalue weighted by Gasteiger charge is -2.36. The van der Waals surface area contributed by atoms with Crippen LogP contribution in [0.1, 0.15) is 11.4 Å². The summed E-state index contributed by atoms with van der Waals surface area (Å²) in [6.07, 6.45) is 4.45. The first kappa shape index (κ1) is 16.3. The van der Waals surface area contributed by atoms with Crippen LogP contribution in [0.4, 0.5) is 17.3 Å². The van der Waals surface area contributed by atoms with Gasteiger partial charge in [-0.15, -0.1) is 0 Å². The van der Waals surface area contributed by atoms with E-state index in [-0.39, 0.29) is 0 Å². The fourth-order valence-corrected chi connectivity index (χ4v) is 3.21. The van der Waals surface area contributed by atoms with Gasteiger partial charge < -0.3 is 15.5 Å². The third-order valence-electron chi connectivity index (χ3n) is 4.64. The maximum Gasteiger partial charge on any atom is 0.135 e. The molecule has 1 aliphatic heterocycles. The molecule has 6 nitrogen and oxygen atoms in total. The molecule has 0 spiro atoms. The van der Waals surface area contributed by atoms with Crippen molar-refractivity contribution < 1.29 is 0 Å². The van der Waals surface area contributed by atoms with Gasteiger partial charge in [0.05, 0.1) is 11.9 Å². The monoisotopic (exact) mass is 346 g/mol. The highest BCUT2D eigenvalue weighted by molar-refractivity contribution is 5.50. The summed E-state index contributed by atoms with van der Waals surface area (Å²) in [5.74, 6) is 2.42. The number of rotatable bonds is 4. The molecule has 3 aromatic rings. The lowest BCUT2D eigenvalue weighted by Crippen LogP contribution is -2.47. The molecule has 0 unspecified atom stereocenters. The van der Waals surface area contributed by atoms with E-state index in [2.05, 4.69) is 31.9 Å². The van der Waals surface area contributed by atoms with E-state index in [9.17, 15) is 0 Å². The average molecular weight is 346 g/mol. The molecule has 3 heterocycles. The van der Waals surface area contributed by atoms with Crippen molar-refractivity contribution in [2.75, 3.05) is 41.7 Å². The van der Waals surface area contributed by atoms with Gasteiger partial charge in [0.1, 0.15) is 17.5 Å². The van der Waals surface area contributed by atoms with Gasteiger partial charge in [-0.3, -0.25) is 0 Å². The van der Waals surface area contributed by atoms with Gasteiger partial charge in [-0.05, 0) is 23.8 Å². The quantitative estimate of drug-likeness (QED) is 0.782. The van der Waals surface area contributed by atoms with Gasteiger partial charge in [0.25, 0.3) is 0 Å². The molecule has 1 aliphatic rings. The van der Waals surface area contributed by atoms with Crippen LogP contribution in [-0.2, 0) is 6.42 Å². The van der Waals surface area contributed by atoms with Gasteiger partial charge in [-0.25, -0.2) is 15.0 Å². The Labute approximate surface area is 153 Å². The first-order chi connectivity index (χ1) is 12.8. The summed E-state index contributed by atoms with van der Waals surface area (Å²) in [5.41, 5.74) is 8.02. The minimum absolute atomic E-state index is 0.555. The van der Waals surface area contributed by atoms with Crippen LogP contribution in [0, 0.1) is 0 Å². The highest BCUT2D eigenvalue weighted by Crippen LogP contribution is 2.19. The van der Waals surface area contributed by atoms with Gasteiger partial charge in [0.2, 0.25) is 0 Å². The highest BCUT2D eigenvalue weighted by atomic mass is 15.3. The van der Waals surface area contributed by atoms with E-state index in [1.807, 2.05) is 48.8 Å². The lowest BCUT2D eigenvalue weighted by molar-refractivity contribution is 0.644. The molecule has 0 amide bonds. The summed E-state index contributed by atoms with van der Waals surface area (Å²) in [6, 6.07) is 16.2. The highest BCUT2D eigenvalue weighted by Gasteiger charge is 2.19. The molecule has 0 radical (unpaired) electrons. The summed E-state index contributed by atoms with van der Waals surface area (Å²) < 4.78 is 0. The summed E-state index contributed by atoms with van der Waals surface area (Å²) in [5, 5.41) is 0. The van der Waals surface area contributed by atoms with Crippen molar-refractivity contribution in [3.05, 3.63) is 72.3 Å². The van der Waals surface area contributed by atoms with Crippen molar-refractivity contribution in [1.29, 1.82) is 0 Å². The summed E-state index contributed by atoms with van der Waals surface area (Å²) >= 11 is 0. The van der Waals surface area contributed by atoms with E-state index < -0.39 is 0 Å². The van der Waals surface area contributed by atoms with Gasteiger partial charge in [0.15, 0.2) is 0 Å². The molecule has 1 fully saturated rings. The van der Waals surface area contributed by atoms with E-state index in [0.29, 0.717) is 5.82 Å². The van der Waals surface area contributed by atoms with Gasteiger partial charge in [-0.2, -0.15) is 0 Å². The third kappa shape index (κ3) is 3.74. The second-order valence-electron chi connectivity index (χ2n) is 6.41. The van der Waals surface area contributed by atoms with E-state index >= 15 is 0 Å². The summed E-state index contributed by atoms with van der Waals surface area (Å²) in [7, 11) is 0. The number of pyridine rings is 1. The van der Waals surface area contributed by atoms with Gasteiger partial charge in [0, 0.05) is 38.8 Å². The average Bonchev–Trinajstić information content (AvgIpc) is 2.70. The SMILES string of the molecule is Nc1ccc(N2CCN(c3ccnc(Cc4ccccc4)n3)CC2)cn1. The normalized spacial score (nSPS) is 14.5. The van der Waals surface area contributed by atoms with Crippen LogP contribution in [0.25, 0.3) is 0 Å². The Morgan fingerprint density at radius 3 is 2.35 bits per heavy atom. The lowest BCUT2D eigenvalue weighted by atomic mass is 10.1. The molecule has 4 rings (SSSR count). The predicted molar refractivity (Wildman–Crippen MR) is 104 cm³/mol. The number of hydrogen-bond acceptors (Lipinski definition) is 6. The zero-order valence-electron chi connectivity index (χ0n) is 14.6. The fourth-order valence-electron chi connectivity index (χ4n) is 3.21. The molecular formula is C20H22N6. The van der Waals surface area contributed by atoms with E-state index in [4.69, 9.17) is 10.7 Å². The Kier molecular flexibility index (Phi) is 4.64. The van der Waals surface area contributed by atoms with Crippen molar-refractivity contribution >= 4 is 17.3 Å². The van der Waals surface area contributed by atoms with Crippen LogP contribution in [0.5, 0.6) is 0 Å². The number of nitrogens with two attached hydrogens (primary N) is 1. The van der Waals surface area contributed by atoms with Crippen LogP contribution in [0.3, 0.4) is 0 Å². The molecule has 0 aliphatic carbocycles. The number of hydrogen-bond donors (Lipinski definition) is 1. The van der Waals surface area contributed by atoms with Crippen molar-refractivity contribution in [2.45, 2.75) is 6.42 Å². The first-order valence-electron chi connectivity index (χ1n) is 8.85. The largest absolute Gasteiger partial charge is 0.384 e. The zero-order valence-corrected chi connectivity index (χ0v) is 14.6. The van der Waals surface area contributed by atoms with E-state index in [0.717, 1.165) is 49.9 Å². The Bertz CT molecular complexity index is 842. The number of benzene rings is 1. The minimum atomic E-state index is 0.555. The zero-order chi connectivity index (χ0) is 17.8. The minimum Gasteiger partial charge on any atom is -0.384 e. The number of nitrogen functional groups attached to an aromatic ring is 1. The summed E-state index contributed by atoms with van der Waals surface area (Å²) in [4.78, 5) is 18.0. The molecule has 6 heteroatoms. The molecule has 0 saturated carbocycles. The van der Waals surface area contributed by atoms with Gasteiger partial charge >= 0.3 is 0 Å². The van der Waals surface area contributed by atoms with Crippen molar-refractivity contribution in [1.82, 2.24) is 15.0 Å². The Morgan fingerprint density at radius 2 is 1.62 bits per heavy atom. The smallest absolute Gasteiger partial charge is 0.135 e. The molecular weight excluding hydrogens is 324 g/mol. The van der Waals surface area contributed by atoms with Crippen molar-refractivity contribution in [2.24, 2.45) is 0 Å². The second kappa shape index (κ2) is 7.39. The van der Waals surface area contributed by atoms with Crippen LogP contribution < -0.4 is 15.5 Å². The van der Waals surface area contributed by atoms with Crippen LogP contribution >= 0.6 is 0 Å². The van der Waals surface area contributed by atoms with Crippen molar-refractivity contribution in [3.63, 3.8) is 0 Å². The number of aromatic nitrogens is 3. The molecule has 2 N–H and O–H groups in total. The maximum absolute atomic E-state index is 5.67. The number of nitrogens with zero attached hydrogens (tertiary/aromatic N) is 5. The fraction of sp³-hybridized carbons (Fsp3) is 0.250. The second-order valence-corrected chi connectivity index (χ2v) is 6.41. The summed E-state index contributed by atoms with van der Waals surface area (Å²) in [6.45, 7) is 3.71. The van der Waals surface area contributed by atoms with Crippen LogP contribution in [-0.4, -0.2) is 41.1 Å². The Balaban J connectivity index is 1.41. The van der Waals surface area contributed by atoms with E-state index in [1.165, 1.54) is 5.56 Å². The first-order valence-corrected chi connectivity index (χ1v) is 8.85. The third-order valence-corrected chi connectivity index (χ3v) is 4.64. The van der Waals surface area contributed by atoms with E-state index in [1.54, 1.807) is 0 Å². The predicted octanol–water partition coefficient (Wildman–Crippen LogP) is 2.37. The number of piperazine rings is 1. The molecule has 0 atom stereocenters. The molecule has 132 valence electrons. The van der Waals surface area contributed by atoms with Crippen LogP contribution in [0.15, 0.2) is 60.9 Å². The molecule has 1 saturated heterocycles. The van der Waals surface area contributed by atoms with Crippen LogP contribution in [0.2, 0.25) is 0 Å². The van der Waals surface area contributed by atoms with Gasteiger partial charge in [-0.1, -0.05) is 30.3 Å². The maximum atomic E-state index is 5.67. The number of anilines is 3. The molecule has 26 heavy (non-hydrogen) atoms. The molecule has 1 aromatic carbocycles. The Hall–Kier alpha value is -3.15.